The molecule has 1 unspecified atom stereocenters. The zero-order valence-corrected chi connectivity index (χ0v) is 13.2. The van der Waals surface area contributed by atoms with Gasteiger partial charge in [0, 0.05) is 19.7 Å². The Morgan fingerprint density at radius 3 is 2.59 bits per heavy atom. The number of halogens is 1. The number of hydrogen-bond donors (Lipinski definition) is 2. The summed E-state index contributed by atoms with van der Waals surface area (Å²) in [6, 6.07) is 6.77. The highest BCUT2D eigenvalue weighted by molar-refractivity contribution is 5.80. The molecule has 2 N–H and O–H groups in total. The van der Waals surface area contributed by atoms with Crippen molar-refractivity contribution in [2.45, 2.75) is 31.9 Å². The molecule has 1 aliphatic carbocycles. The summed E-state index contributed by atoms with van der Waals surface area (Å²) >= 11 is 0. The minimum Gasteiger partial charge on any atom is -0.375 e. The first-order valence-corrected chi connectivity index (χ1v) is 7.71. The summed E-state index contributed by atoms with van der Waals surface area (Å²) in [5, 5.41) is 6.66. The van der Waals surface area contributed by atoms with Gasteiger partial charge in [0.15, 0.2) is 5.96 Å². The van der Waals surface area contributed by atoms with E-state index in [0.717, 1.165) is 30.9 Å². The second-order valence-electron chi connectivity index (χ2n) is 5.28. The van der Waals surface area contributed by atoms with Crippen molar-refractivity contribution in [2.24, 2.45) is 4.99 Å². The smallest absolute Gasteiger partial charge is 0.191 e. The van der Waals surface area contributed by atoms with Crippen LogP contribution >= 0.6 is 0 Å². The summed E-state index contributed by atoms with van der Waals surface area (Å²) in [6.45, 7) is 3.33. The summed E-state index contributed by atoms with van der Waals surface area (Å²) < 4.78 is 18.5. The third-order valence-corrected chi connectivity index (χ3v) is 3.63. The molecule has 4 nitrogen and oxygen atoms in total. The third kappa shape index (κ3) is 4.84. The first-order valence-electron chi connectivity index (χ1n) is 7.71. The average Bonchev–Trinajstić information content (AvgIpc) is 3.02. The summed E-state index contributed by atoms with van der Waals surface area (Å²) in [5.41, 5.74) is 0.922. The molecule has 0 aromatic heterocycles. The summed E-state index contributed by atoms with van der Waals surface area (Å²) in [6.07, 6.45) is 6.22. The molecule has 120 valence electrons. The van der Waals surface area contributed by atoms with Gasteiger partial charge >= 0.3 is 0 Å². The molecular weight excluding hydrogens is 281 g/mol. The van der Waals surface area contributed by atoms with Crippen molar-refractivity contribution in [1.29, 1.82) is 0 Å². The predicted molar refractivity (Wildman–Crippen MR) is 87.4 cm³/mol. The molecule has 0 aliphatic heterocycles. The van der Waals surface area contributed by atoms with Gasteiger partial charge in [-0.2, -0.15) is 0 Å². The largest absolute Gasteiger partial charge is 0.375 e. The fourth-order valence-electron chi connectivity index (χ4n) is 2.42. The van der Waals surface area contributed by atoms with Gasteiger partial charge in [-0.05, 0) is 37.5 Å². The molecule has 2 rings (SSSR count). The average molecular weight is 305 g/mol. The zero-order valence-electron chi connectivity index (χ0n) is 13.2. The highest BCUT2D eigenvalue weighted by Gasteiger charge is 2.13. The number of rotatable bonds is 6. The Kier molecular flexibility index (Phi) is 6.40. The molecule has 0 heterocycles. The Labute approximate surface area is 131 Å². The molecule has 1 aromatic carbocycles. The van der Waals surface area contributed by atoms with E-state index in [1.165, 1.54) is 12.1 Å². The second kappa shape index (κ2) is 8.54. The minimum absolute atomic E-state index is 0.183. The van der Waals surface area contributed by atoms with E-state index in [2.05, 4.69) is 27.8 Å². The first-order chi connectivity index (χ1) is 10.7. The zero-order chi connectivity index (χ0) is 15.8. The van der Waals surface area contributed by atoms with Crippen molar-refractivity contribution in [2.75, 3.05) is 20.2 Å². The Hall–Kier alpha value is -1.88. The Balaban J connectivity index is 1.98. The molecule has 22 heavy (non-hydrogen) atoms. The molecule has 0 saturated carbocycles. The van der Waals surface area contributed by atoms with Gasteiger partial charge < -0.3 is 15.4 Å². The van der Waals surface area contributed by atoms with Crippen LogP contribution in [-0.2, 0) is 4.74 Å². The summed E-state index contributed by atoms with van der Waals surface area (Å²) in [7, 11) is 1.64. The highest BCUT2D eigenvalue weighted by Crippen LogP contribution is 2.17. The fraction of sp³-hybridized carbons (Fsp3) is 0.471. The highest BCUT2D eigenvalue weighted by atomic mass is 19.1. The molecule has 0 amide bonds. The van der Waals surface area contributed by atoms with Gasteiger partial charge in [0.2, 0.25) is 0 Å². The van der Waals surface area contributed by atoms with Crippen LogP contribution in [0, 0.1) is 5.82 Å². The molecule has 1 aromatic rings. The van der Waals surface area contributed by atoms with Gasteiger partial charge in [0.05, 0.1) is 6.54 Å². The number of hydrogen-bond acceptors (Lipinski definition) is 2. The van der Waals surface area contributed by atoms with E-state index in [0.29, 0.717) is 12.6 Å². The van der Waals surface area contributed by atoms with Crippen molar-refractivity contribution < 1.29 is 9.13 Å². The number of aliphatic imine (C=N–C) groups is 1. The molecular formula is C17H24FN3O. The maximum Gasteiger partial charge on any atom is 0.191 e. The van der Waals surface area contributed by atoms with E-state index < -0.39 is 0 Å². The molecule has 1 aliphatic rings. The van der Waals surface area contributed by atoms with E-state index in [9.17, 15) is 4.39 Å². The standard InChI is InChI=1S/C17H24FN3O/c1-3-19-17(21-15-6-4-5-7-15)20-12-16(22-2)13-8-10-14(18)11-9-13/h4-5,8-11,15-16H,3,6-7,12H2,1-2H3,(H2,19,20,21). The predicted octanol–water partition coefficient (Wildman–Crippen LogP) is 2.79. The van der Waals surface area contributed by atoms with Crippen molar-refractivity contribution >= 4 is 5.96 Å². The Morgan fingerprint density at radius 1 is 1.32 bits per heavy atom. The molecule has 0 bridgehead atoms. The minimum atomic E-state index is -0.245. The lowest BCUT2D eigenvalue weighted by Gasteiger charge is -2.18. The quantitative estimate of drug-likeness (QED) is 0.482. The lowest BCUT2D eigenvalue weighted by Crippen LogP contribution is -2.42. The molecule has 1 atom stereocenters. The molecule has 0 fully saturated rings. The van der Waals surface area contributed by atoms with Gasteiger partial charge in [-0.1, -0.05) is 24.3 Å². The van der Waals surface area contributed by atoms with Gasteiger partial charge in [0.1, 0.15) is 11.9 Å². The van der Waals surface area contributed by atoms with Crippen molar-refractivity contribution in [3.05, 3.63) is 47.8 Å². The topological polar surface area (TPSA) is 45.7 Å². The van der Waals surface area contributed by atoms with Gasteiger partial charge in [0.25, 0.3) is 0 Å². The van der Waals surface area contributed by atoms with Crippen molar-refractivity contribution in [3.63, 3.8) is 0 Å². The first kappa shape index (κ1) is 16.5. The molecule has 5 heteroatoms. The van der Waals surface area contributed by atoms with Crippen LogP contribution in [0.5, 0.6) is 0 Å². The van der Waals surface area contributed by atoms with E-state index in [4.69, 9.17) is 4.74 Å². The van der Waals surface area contributed by atoms with Gasteiger partial charge in [-0.25, -0.2) is 4.39 Å². The normalized spacial score (nSPS) is 16.8. The van der Waals surface area contributed by atoms with Crippen LogP contribution in [0.3, 0.4) is 0 Å². The number of nitrogens with one attached hydrogen (secondary N) is 2. The van der Waals surface area contributed by atoms with Crippen LogP contribution < -0.4 is 10.6 Å². The van der Waals surface area contributed by atoms with Crippen LogP contribution in [-0.4, -0.2) is 32.2 Å². The second-order valence-corrected chi connectivity index (χ2v) is 5.28. The Bertz CT molecular complexity index is 505. The maximum absolute atomic E-state index is 13.0. The van der Waals surface area contributed by atoms with Crippen LogP contribution in [0.25, 0.3) is 0 Å². The number of ether oxygens (including phenoxy) is 1. The van der Waals surface area contributed by atoms with E-state index in [1.54, 1.807) is 19.2 Å². The maximum atomic E-state index is 13.0. The molecule has 0 saturated heterocycles. The van der Waals surface area contributed by atoms with Crippen LogP contribution in [0.15, 0.2) is 41.4 Å². The lowest BCUT2D eigenvalue weighted by molar-refractivity contribution is 0.111. The van der Waals surface area contributed by atoms with Crippen molar-refractivity contribution in [3.8, 4) is 0 Å². The number of methoxy groups -OCH3 is 1. The van der Waals surface area contributed by atoms with Gasteiger partial charge in [-0.15, -0.1) is 0 Å². The molecule has 0 radical (unpaired) electrons. The van der Waals surface area contributed by atoms with Crippen LogP contribution in [0.2, 0.25) is 0 Å². The monoisotopic (exact) mass is 305 g/mol. The fourth-order valence-corrected chi connectivity index (χ4v) is 2.42. The summed E-state index contributed by atoms with van der Waals surface area (Å²) in [4.78, 5) is 4.59. The van der Waals surface area contributed by atoms with E-state index in [-0.39, 0.29) is 11.9 Å². The third-order valence-electron chi connectivity index (χ3n) is 3.63. The number of guanidine groups is 1. The van der Waals surface area contributed by atoms with Gasteiger partial charge in [-0.3, -0.25) is 4.99 Å². The van der Waals surface area contributed by atoms with Crippen molar-refractivity contribution in [1.82, 2.24) is 10.6 Å². The molecule has 0 spiro atoms. The summed E-state index contributed by atoms with van der Waals surface area (Å²) in [5.74, 6) is 0.547. The van der Waals surface area contributed by atoms with Crippen LogP contribution in [0.1, 0.15) is 31.4 Å². The van der Waals surface area contributed by atoms with E-state index >= 15 is 0 Å². The van der Waals surface area contributed by atoms with Crippen LogP contribution in [0.4, 0.5) is 4.39 Å². The van der Waals surface area contributed by atoms with E-state index in [1.807, 2.05) is 6.92 Å². The SMILES string of the molecule is CCNC(=NCC(OC)c1ccc(F)cc1)NC1CC=CC1. The number of benzene rings is 1. The Morgan fingerprint density at radius 2 is 2.00 bits per heavy atom. The lowest BCUT2D eigenvalue weighted by atomic mass is 10.1. The number of nitrogens with zero attached hydrogens (tertiary/aromatic N) is 1.